The first-order valence-electron chi connectivity index (χ1n) is 10.3. The first-order chi connectivity index (χ1) is 15.5. The molecule has 4 aromatic rings. The van der Waals surface area contributed by atoms with E-state index in [1.807, 2.05) is 48.5 Å². The number of esters is 1. The van der Waals surface area contributed by atoms with Crippen LogP contribution in [0.2, 0.25) is 0 Å². The molecule has 0 saturated heterocycles. The van der Waals surface area contributed by atoms with Gasteiger partial charge in [0.2, 0.25) is 10.0 Å². The fraction of sp³-hybridized carbons (Fsp3) is 0.167. The molecule has 0 aliphatic carbocycles. The lowest BCUT2D eigenvalue weighted by atomic mass is 10.0. The Bertz CT molecular complexity index is 1360. The van der Waals surface area contributed by atoms with Gasteiger partial charge >= 0.3 is 5.97 Å². The Labute approximate surface area is 185 Å². The molecular formula is C24H21N3O4S. The summed E-state index contributed by atoms with van der Waals surface area (Å²) >= 11 is 0. The Morgan fingerprint density at radius 1 is 0.969 bits per heavy atom. The molecule has 1 aliphatic rings. The van der Waals surface area contributed by atoms with E-state index in [-0.39, 0.29) is 17.1 Å². The second-order valence-corrected chi connectivity index (χ2v) is 9.60. The molecule has 0 atom stereocenters. The van der Waals surface area contributed by atoms with E-state index in [4.69, 9.17) is 4.74 Å². The standard InChI is InChI=1S/C24H21N3O4S/c28-24(31-16-23-25-21-7-3-4-8-22(21)26-23)18-9-11-20(12-10-18)32(29,30)27-14-13-17-5-1-2-6-19(17)15-27/h1-12H,13-16H2,(H,25,26). The van der Waals surface area contributed by atoms with E-state index >= 15 is 0 Å². The van der Waals surface area contributed by atoms with Gasteiger partial charge in [-0.3, -0.25) is 0 Å². The number of sulfonamides is 1. The molecule has 0 spiro atoms. The normalized spacial score (nSPS) is 14.2. The fourth-order valence-corrected chi connectivity index (χ4v) is 5.30. The second-order valence-electron chi connectivity index (χ2n) is 7.66. The van der Waals surface area contributed by atoms with Crippen LogP contribution in [0, 0.1) is 0 Å². The Morgan fingerprint density at radius 2 is 1.69 bits per heavy atom. The van der Waals surface area contributed by atoms with Crippen molar-refractivity contribution in [1.82, 2.24) is 14.3 Å². The van der Waals surface area contributed by atoms with E-state index < -0.39 is 16.0 Å². The molecule has 3 aromatic carbocycles. The number of fused-ring (bicyclic) bond motifs is 2. The van der Waals surface area contributed by atoms with Crippen molar-refractivity contribution >= 4 is 27.0 Å². The van der Waals surface area contributed by atoms with Crippen molar-refractivity contribution in [2.75, 3.05) is 6.54 Å². The third kappa shape index (κ3) is 3.90. The van der Waals surface area contributed by atoms with Crippen molar-refractivity contribution in [2.45, 2.75) is 24.5 Å². The number of carbonyl (C=O) groups excluding carboxylic acids is 1. The molecule has 1 N–H and O–H groups in total. The summed E-state index contributed by atoms with van der Waals surface area (Å²) in [6.45, 7) is 0.779. The number of aromatic nitrogens is 2. The molecule has 32 heavy (non-hydrogen) atoms. The fourth-order valence-electron chi connectivity index (χ4n) is 3.88. The number of nitrogens with zero attached hydrogens (tertiary/aromatic N) is 2. The summed E-state index contributed by atoms with van der Waals surface area (Å²) in [5.41, 5.74) is 4.15. The molecule has 0 bridgehead atoms. The maximum atomic E-state index is 13.1. The van der Waals surface area contributed by atoms with Gasteiger partial charge in [-0.05, 0) is 53.9 Å². The van der Waals surface area contributed by atoms with Gasteiger partial charge in [0.25, 0.3) is 0 Å². The number of carbonyl (C=O) groups is 1. The van der Waals surface area contributed by atoms with E-state index in [0.717, 1.165) is 16.6 Å². The van der Waals surface area contributed by atoms with Crippen molar-refractivity contribution in [3.8, 4) is 0 Å². The minimum absolute atomic E-state index is 0.000744. The Balaban J connectivity index is 1.26. The number of ether oxygens (including phenoxy) is 1. The van der Waals surface area contributed by atoms with Crippen molar-refractivity contribution in [3.63, 3.8) is 0 Å². The third-order valence-corrected chi connectivity index (χ3v) is 7.46. The van der Waals surface area contributed by atoms with Gasteiger partial charge < -0.3 is 9.72 Å². The van der Waals surface area contributed by atoms with Gasteiger partial charge in [-0.15, -0.1) is 0 Å². The first-order valence-corrected chi connectivity index (χ1v) is 11.7. The van der Waals surface area contributed by atoms with Crippen LogP contribution in [-0.2, 0) is 34.3 Å². The predicted octanol–water partition coefficient (Wildman–Crippen LogP) is 3.67. The summed E-state index contributed by atoms with van der Waals surface area (Å²) in [7, 11) is -3.65. The van der Waals surface area contributed by atoms with Crippen molar-refractivity contribution < 1.29 is 17.9 Å². The second kappa shape index (κ2) is 8.22. The summed E-state index contributed by atoms with van der Waals surface area (Å²) in [5.74, 6) is 0.00503. The van der Waals surface area contributed by atoms with Crippen LogP contribution in [0.25, 0.3) is 11.0 Å². The van der Waals surface area contributed by atoms with Gasteiger partial charge in [0.05, 0.1) is 21.5 Å². The molecular weight excluding hydrogens is 426 g/mol. The molecule has 162 valence electrons. The average molecular weight is 448 g/mol. The largest absolute Gasteiger partial charge is 0.454 e. The highest BCUT2D eigenvalue weighted by molar-refractivity contribution is 7.89. The van der Waals surface area contributed by atoms with Crippen LogP contribution in [-0.4, -0.2) is 35.2 Å². The van der Waals surface area contributed by atoms with Crippen LogP contribution in [0.3, 0.4) is 0 Å². The molecule has 7 nitrogen and oxygen atoms in total. The van der Waals surface area contributed by atoms with E-state index in [0.29, 0.717) is 25.3 Å². The minimum Gasteiger partial charge on any atom is -0.454 e. The van der Waals surface area contributed by atoms with E-state index in [1.54, 1.807) is 0 Å². The number of H-pyrrole nitrogens is 1. The number of aromatic amines is 1. The summed E-state index contributed by atoms with van der Waals surface area (Å²) in [4.78, 5) is 20.0. The van der Waals surface area contributed by atoms with Crippen LogP contribution in [0.4, 0.5) is 0 Å². The third-order valence-electron chi connectivity index (χ3n) is 5.60. The number of hydrogen-bond acceptors (Lipinski definition) is 5. The summed E-state index contributed by atoms with van der Waals surface area (Å²) < 4.78 is 33.0. The molecule has 0 radical (unpaired) electrons. The number of benzene rings is 3. The first kappa shape index (κ1) is 20.4. The van der Waals surface area contributed by atoms with Crippen LogP contribution < -0.4 is 0 Å². The molecule has 1 aliphatic heterocycles. The zero-order chi connectivity index (χ0) is 22.1. The van der Waals surface area contributed by atoms with Gasteiger partial charge in [-0.1, -0.05) is 36.4 Å². The van der Waals surface area contributed by atoms with Gasteiger partial charge in [-0.2, -0.15) is 4.31 Å². The topological polar surface area (TPSA) is 92.4 Å². The van der Waals surface area contributed by atoms with Crippen molar-refractivity contribution in [1.29, 1.82) is 0 Å². The maximum absolute atomic E-state index is 13.1. The van der Waals surface area contributed by atoms with Gasteiger partial charge in [0.1, 0.15) is 12.4 Å². The lowest BCUT2D eigenvalue weighted by molar-refractivity contribution is 0.0463. The molecule has 1 aromatic heterocycles. The Morgan fingerprint density at radius 3 is 2.47 bits per heavy atom. The van der Waals surface area contributed by atoms with E-state index in [9.17, 15) is 13.2 Å². The van der Waals surface area contributed by atoms with E-state index in [2.05, 4.69) is 9.97 Å². The van der Waals surface area contributed by atoms with Crippen LogP contribution in [0.15, 0.2) is 77.7 Å². The minimum atomic E-state index is -3.65. The number of para-hydroxylation sites is 2. The average Bonchev–Trinajstić information content (AvgIpc) is 3.25. The van der Waals surface area contributed by atoms with Crippen LogP contribution in [0.1, 0.15) is 27.3 Å². The summed E-state index contributed by atoms with van der Waals surface area (Å²) in [6, 6.07) is 21.3. The Hall–Kier alpha value is -3.49. The molecule has 0 saturated carbocycles. The molecule has 0 unspecified atom stereocenters. The highest BCUT2D eigenvalue weighted by Crippen LogP contribution is 2.25. The lowest BCUT2D eigenvalue weighted by Gasteiger charge is -2.28. The summed E-state index contributed by atoms with van der Waals surface area (Å²) in [5, 5.41) is 0. The van der Waals surface area contributed by atoms with E-state index in [1.165, 1.54) is 34.1 Å². The monoisotopic (exact) mass is 447 g/mol. The highest BCUT2D eigenvalue weighted by atomic mass is 32.2. The number of hydrogen-bond donors (Lipinski definition) is 1. The highest BCUT2D eigenvalue weighted by Gasteiger charge is 2.28. The van der Waals surface area contributed by atoms with Gasteiger partial charge in [0, 0.05) is 13.1 Å². The molecule has 5 rings (SSSR count). The number of imidazole rings is 1. The summed E-state index contributed by atoms with van der Waals surface area (Å²) in [6.07, 6.45) is 0.682. The zero-order valence-corrected chi connectivity index (χ0v) is 18.0. The quantitative estimate of drug-likeness (QED) is 0.471. The molecule has 8 heteroatoms. The number of nitrogens with one attached hydrogen (secondary N) is 1. The lowest BCUT2D eigenvalue weighted by Crippen LogP contribution is -2.35. The predicted molar refractivity (Wildman–Crippen MR) is 119 cm³/mol. The Kier molecular flexibility index (Phi) is 5.24. The zero-order valence-electron chi connectivity index (χ0n) is 17.2. The van der Waals surface area contributed by atoms with Gasteiger partial charge in [0.15, 0.2) is 0 Å². The van der Waals surface area contributed by atoms with Crippen molar-refractivity contribution in [2.24, 2.45) is 0 Å². The molecule has 0 fully saturated rings. The SMILES string of the molecule is O=C(OCc1nc2ccccc2[nH]1)c1ccc(S(=O)(=O)N2CCc3ccccc3C2)cc1. The smallest absolute Gasteiger partial charge is 0.338 e. The van der Waals surface area contributed by atoms with Gasteiger partial charge in [-0.25, -0.2) is 18.2 Å². The molecule has 0 amide bonds. The van der Waals surface area contributed by atoms with Crippen LogP contribution in [0.5, 0.6) is 0 Å². The molecule has 2 heterocycles. The maximum Gasteiger partial charge on any atom is 0.338 e. The van der Waals surface area contributed by atoms with Crippen molar-refractivity contribution in [3.05, 3.63) is 95.3 Å². The van der Waals surface area contributed by atoms with Crippen LogP contribution >= 0.6 is 0 Å². The number of rotatable bonds is 5.